The molecule has 2 rings (SSSR count). The molecule has 1 atom stereocenters. The van der Waals surface area contributed by atoms with Gasteiger partial charge in [-0.25, -0.2) is 0 Å². The standard InChI is InChI=1S/C11H14O/c1-2-11(8-9-12-11)10-6-4-3-5-7-10/h3-7H,2,8-9H2,1H3/t11-/m0/s1. The molecule has 0 aromatic heterocycles. The summed E-state index contributed by atoms with van der Waals surface area (Å²) in [5, 5.41) is 0. The van der Waals surface area contributed by atoms with E-state index in [4.69, 9.17) is 4.74 Å². The van der Waals surface area contributed by atoms with E-state index in [-0.39, 0.29) is 5.60 Å². The van der Waals surface area contributed by atoms with Crippen molar-refractivity contribution >= 4 is 0 Å². The second-order valence-electron chi connectivity index (χ2n) is 3.31. The average Bonchev–Trinajstić information content (AvgIpc) is 2.05. The summed E-state index contributed by atoms with van der Waals surface area (Å²) in [5.74, 6) is 0. The van der Waals surface area contributed by atoms with Gasteiger partial charge < -0.3 is 4.74 Å². The van der Waals surface area contributed by atoms with Crippen LogP contribution in [0, 0.1) is 0 Å². The quantitative estimate of drug-likeness (QED) is 0.649. The van der Waals surface area contributed by atoms with Crippen LogP contribution >= 0.6 is 0 Å². The van der Waals surface area contributed by atoms with Gasteiger partial charge in [0.1, 0.15) is 0 Å². The number of hydrogen-bond donors (Lipinski definition) is 0. The highest BCUT2D eigenvalue weighted by Crippen LogP contribution is 2.39. The Kier molecular flexibility index (Phi) is 1.89. The molecular weight excluding hydrogens is 148 g/mol. The van der Waals surface area contributed by atoms with Crippen molar-refractivity contribution in [3.05, 3.63) is 35.9 Å². The van der Waals surface area contributed by atoms with E-state index in [1.807, 2.05) is 6.07 Å². The molecule has 1 aromatic carbocycles. The maximum atomic E-state index is 5.65. The number of benzene rings is 1. The minimum atomic E-state index is 0.0568. The van der Waals surface area contributed by atoms with Gasteiger partial charge in [-0.05, 0) is 12.0 Å². The molecule has 1 aliphatic rings. The van der Waals surface area contributed by atoms with Crippen LogP contribution in [0.2, 0.25) is 0 Å². The molecule has 1 heteroatoms. The van der Waals surface area contributed by atoms with Crippen LogP contribution in [0.3, 0.4) is 0 Å². The summed E-state index contributed by atoms with van der Waals surface area (Å²) in [6, 6.07) is 10.5. The van der Waals surface area contributed by atoms with Crippen molar-refractivity contribution in [2.75, 3.05) is 6.61 Å². The molecule has 0 bridgehead atoms. The van der Waals surface area contributed by atoms with Crippen molar-refractivity contribution in [1.82, 2.24) is 0 Å². The van der Waals surface area contributed by atoms with Gasteiger partial charge in [-0.15, -0.1) is 0 Å². The van der Waals surface area contributed by atoms with Gasteiger partial charge in [-0.3, -0.25) is 0 Å². The lowest BCUT2D eigenvalue weighted by molar-refractivity contribution is -0.156. The molecule has 1 aliphatic heterocycles. The molecule has 0 aliphatic carbocycles. The third-order valence-electron chi connectivity index (χ3n) is 2.76. The highest BCUT2D eigenvalue weighted by molar-refractivity contribution is 5.24. The van der Waals surface area contributed by atoms with Crippen molar-refractivity contribution in [3.8, 4) is 0 Å². The molecule has 1 nitrogen and oxygen atoms in total. The van der Waals surface area contributed by atoms with Gasteiger partial charge in [0.25, 0.3) is 0 Å². The van der Waals surface area contributed by atoms with Crippen molar-refractivity contribution in [3.63, 3.8) is 0 Å². The first-order chi connectivity index (χ1) is 5.87. The number of hydrogen-bond acceptors (Lipinski definition) is 1. The fourth-order valence-electron chi connectivity index (χ4n) is 1.80. The Hall–Kier alpha value is -0.820. The second kappa shape index (κ2) is 2.91. The predicted octanol–water partition coefficient (Wildman–Crippen LogP) is 2.71. The largest absolute Gasteiger partial charge is 0.370 e. The maximum Gasteiger partial charge on any atom is 0.0950 e. The lowest BCUT2D eigenvalue weighted by Gasteiger charge is -2.41. The molecule has 12 heavy (non-hydrogen) atoms. The SMILES string of the molecule is CC[C@@]1(c2ccccc2)CCO1. The molecule has 0 spiro atoms. The van der Waals surface area contributed by atoms with Gasteiger partial charge in [-0.1, -0.05) is 37.3 Å². The van der Waals surface area contributed by atoms with Gasteiger partial charge >= 0.3 is 0 Å². The van der Waals surface area contributed by atoms with E-state index in [0.717, 1.165) is 13.0 Å². The summed E-state index contributed by atoms with van der Waals surface area (Å²) in [5.41, 5.74) is 1.39. The number of rotatable bonds is 2. The normalized spacial score (nSPS) is 28.1. The van der Waals surface area contributed by atoms with E-state index in [9.17, 15) is 0 Å². The third kappa shape index (κ3) is 1.05. The molecule has 0 N–H and O–H groups in total. The predicted molar refractivity (Wildman–Crippen MR) is 49.0 cm³/mol. The summed E-state index contributed by atoms with van der Waals surface area (Å²) < 4.78 is 5.65. The summed E-state index contributed by atoms with van der Waals surface area (Å²) in [6.45, 7) is 3.11. The smallest absolute Gasteiger partial charge is 0.0950 e. The van der Waals surface area contributed by atoms with Crippen LogP contribution in [-0.4, -0.2) is 6.61 Å². The van der Waals surface area contributed by atoms with Crippen molar-refractivity contribution in [2.45, 2.75) is 25.4 Å². The second-order valence-corrected chi connectivity index (χ2v) is 3.31. The van der Waals surface area contributed by atoms with Crippen molar-refractivity contribution in [2.24, 2.45) is 0 Å². The monoisotopic (exact) mass is 162 g/mol. The minimum Gasteiger partial charge on any atom is -0.370 e. The fourth-order valence-corrected chi connectivity index (χ4v) is 1.80. The highest BCUT2D eigenvalue weighted by atomic mass is 16.5. The Morgan fingerprint density at radius 3 is 2.42 bits per heavy atom. The van der Waals surface area contributed by atoms with Crippen LogP contribution < -0.4 is 0 Å². The summed E-state index contributed by atoms with van der Waals surface area (Å²) in [4.78, 5) is 0. The first-order valence-corrected chi connectivity index (χ1v) is 4.57. The molecular formula is C11H14O. The summed E-state index contributed by atoms with van der Waals surface area (Å²) in [7, 11) is 0. The van der Waals surface area contributed by atoms with E-state index in [2.05, 4.69) is 31.2 Å². The molecule has 64 valence electrons. The average molecular weight is 162 g/mol. The Bertz CT molecular complexity index is 243. The van der Waals surface area contributed by atoms with Crippen molar-refractivity contribution < 1.29 is 4.74 Å². The van der Waals surface area contributed by atoms with Crippen LogP contribution in [0.25, 0.3) is 0 Å². The van der Waals surface area contributed by atoms with Gasteiger partial charge in [-0.2, -0.15) is 0 Å². The molecule has 0 saturated carbocycles. The zero-order chi connectivity index (χ0) is 8.44. The maximum absolute atomic E-state index is 5.65. The third-order valence-corrected chi connectivity index (χ3v) is 2.76. The molecule has 1 heterocycles. The van der Waals surface area contributed by atoms with Gasteiger partial charge in [0.2, 0.25) is 0 Å². The summed E-state index contributed by atoms with van der Waals surface area (Å²) in [6.07, 6.45) is 2.25. The lowest BCUT2D eigenvalue weighted by atomic mass is 9.84. The van der Waals surface area contributed by atoms with E-state index in [1.54, 1.807) is 0 Å². The van der Waals surface area contributed by atoms with E-state index in [0.29, 0.717) is 0 Å². The molecule has 1 aromatic rings. The first-order valence-electron chi connectivity index (χ1n) is 4.57. The van der Waals surface area contributed by atoms with E-state index < -0.39 is 0 Å². The van der Waals surface area contributed by atoms with Gasteiger partial charge in [0, 0.05) is 6.42 Å². The zero-order valence-corrected chi connectivity index (χ0v) is 7.42. The van der Waals surface area contributed by atoms with Crippen LogP contribution in [0.15, 0.2) is 30.3 Å². The van der Waals surface area contributed by atoms with E-state index >= 15 is 0 Å². The molecule has 0 amide bonds. The minimum absolute atomic E-state index is 0.0568. The topological polar surface area (TPSA) is 9.23 Å². The Morgan fingerprint density at radius 1 is 1.33 bits per heavy atom. The van der Waals surface area contributed by atoms with Crippen LogP contribution in [0.5, 0.6) is 0 Å². The Labute approximate surface area is 73.4 Å². The first kappa shape index (κ1) is 7.81. The molecule has 0 unspecified atom stereocenters. The Balaban J connectivity index is 2.28. The fraction of sp³-hybridized carbons (Fsp3) is 0.455. The Morgan fingerprint density at radius 2 is 2.00 bits per heavy atom. The molecule has 1 saturated heterocycles. The highest BCUT2D eigenvalue weighted by Gasteiger charge is 2.37. The van der Waals surface area contributed by atoms with E-state index in [1.165, 1.54) is 12.0 Å². The van der Waals surface area contributed by atoms with Gasteiger partial charge in [0.05, 0.1) is 12.2 Å². The van der Waals surface area contributed by atoms with Gasteiger partial charge in [0.15, 0.2) is 0 Å². The van der Waals surface area contributed by atoms with Crippen LogP contribution in [0.1, 0.15) is 25.3 Å². The van der Waals surface area contributed by atoms with Crippen molar-refractivity contribution in [1.29, 1.82) is 0 Å². The zero-order valence-electron chi connectivity index (χ0n) is 7.42. The molecule has 0 radical (unpaired) electrons. The summed E-state index contributed by atoms with van der Waals surface area (Å²) >= 11 is 0. The number of ether oxygens (including phenoxy) is 1. The lowest BCUT2D eigenvalue weighted by Crippen LogP contribution is -2.40. The molecule has 1 fully saturated rings. The van der Waals surface area contributed by atoms with Crippen LogP contribution in [-0.2, 0) is 10.3 Å². The van der Waals surface area contributed by atoms with Crippen LogP contribution in [0.4, 0.5) is 0 Å².